The normalized spacial score (nSPS) is 25.5. The Hall–Kier alpha value is -0.600. The smallest absolute Gasteiger partial charge is 0.0213 e. The summed E-state index contributed by atoms with van der Waals surface area (Å²) in [6.07, 6.45) is 5.05. The molecule has 1 heterocycles. The lowest BCUT2D eigenvalue weighted by atomic mass is 9.84. The molecule has 1 aliphatic rings. The molecule has 0 saturated carbocycles. The van der Waals surface area contributed by atoms with E-state index in [9.17, 15) is 0 Å². The van der Waals surface area contributed by atoms with Crippen LogP contribution in [-0.4, -0.2) is 6.54 Å². The van der Waals surface area contributed by atoms with Crippen molar-refractivity contribution in [3.8, 4) is 0 Å². The second-order valence-electron chi connectivity index (χ2n) is 5.06. The summed E-state index contributed by atoms with van der Waals surface area (Å²) in [5, 5.41) is 7.95. The maximum atomic E-state index is 3.58. The Bertz CT molecular complexity index is 340. The minimum absolute atomic E-state index is 0.765. The van der Waals surface area contributed by atoms with E-state index < -0.39 is 0 Å². The highest BCUT2D eigenvalue weighted by Gasteiger charge is 2.17. The summed E-state index contributed by atoms with van der Waals surface area (Å²) < 4.78 is 0. The average Bonchev–Trinajstić information content (AvgIpc) is 2.69. The molecule has 88 valence electrons. The molecule has 2 rings (SSSR count). The van der Waals surface area contributed by atoms with Gasteiger partial charge in [0.25, 0.3) is 0 Å². The van der Waals surface area contributed by atoms with Gasteiger partial charge in [-0.3, -0.25) is 0 Å². The van der Waals surface area contributed by atoms with Crippen LogP contribution in [0.25, 0.3) is 0 Å². The first kappa shape index (κ1) is 11.9. The lowest BCUT2D eigenvalue weighted by molar-refractivity contribution is 0.381. The summed E-state index contributed by atoms with van der Waals surface area (Å²) in [6.45, 7) is 6.78. The van der Waals surface area contributed by atoms with Gasteiger partial charge in [0.15, 0.2) is 0 Å². The van der Waals surface area contributed by atoms with E-state index in [-0.39, 0.29) is 0 Å². The van der Waals surface area contributed by atoms with Crippen LogP contribution in [-0.2, 0) is 6.54 Å². The first-order valence-electron chi connectivity index (χ1n) is 6.13. The molecule has 16 heavy (non-hydrogen) atoms. The van der Waals surface area contributed by atoms with Crippen molar-refractivity contribution < 1.29 is 0 Å². The molecule has 0 bridgehead atoms. The Kier molecular flexibility index (Phi) is 4.19. The van der Waals surface area contributed by atoms with E-state index in [1.165, 1.54) is 18.4 Å². The molecule has 1 N–H and O–H groups in total. The van der Waals surface area contributed by atoms with Crippen molar-refractivity contribution in [2.45, 2.75) is 33.2 Å². The van der Waals surface area contributed by atoms with Gasteiger partial charge in [-0.05, 0) is 60.5 Å². The predicted octanol–water partition coefficient (Wildman–Crippen LogP) is 3.83. The van der Waals surface area contributed by atoms with Crippen LogP contribution in [0.2, 0.25) is 0 Å². The zero-order valence-electron chi connectivity index (χ0n) is 10.2. The first-order chi connectivity index (χ1) is 7.74. The van der Waals surface area contributed by atoms with Crippen molar-refractivity contribution in [2.24, 2.45) is 11.8 Å². The molecule has 0 saturated heterocycles. The van der Waals surface area contributed by atoms with Gasteiger partial charge in [0.05, 0.1) is 0 Å². The summed E-state index contributed by atoms with van der Waals surface area (Å²) in [6, 6.07) is 2.20. The summed E-state index contributed by atoms with van der Waals surface area (Å²) in [7, 11) is 0. The largest absolute Gasteiger partial charge is 0.312 e. The summed E-state index contributed by atoms with van der Waals surface area (Å²) in [4.78, 5) is 0. The lowest BCUT2D eigenvalue weighted by Gasteiger charge is -2.25. The van der Waals surface area contributed by atoms with Crippen molar-refractivity contribution in [3.05, 3.63) is 34.0 Å². The van der Waals surface area contributed by atoms with Crippen LogP contribution in [0.15, 0.2) is 28.5 Å². The number of nitrogens with one attached hydrogen (secondary N) is 1. The van der Waals surface area contributed by atoms with Crippen LogP contribution in [0.3, 0.4) is 0 Å². The molecule has 0 radical (unpaired) electrons. The summed E-state index contributed by atoms with van der Waals surface area (Å²) in [5.74, 6) is 1.60. The molecule has 0 amide bonds. The second-order valence-corrected chi connectivity index (χ2v) is 5.84. The maximum Gasteiger partial charge on any atom is 0.0213 e. The van der Waals surface area contributed by atoms with E-state index in [1.54, 1.807) is 16.9 Å². The molecule has 0 aliphatic heterocycles. The Morgan fingerprint density at radius 2 is 2.38 bits per heavy atom. The fraction of sp³-hybridized carbons (Fsp3) is 0.571. The maximum absolute atomic E-state index is 3.58. The molecular formula is C14H21NS. The third-order valence-electron chi connectivity index (χ3n) is 3.23. The SMILES string of the molecule is CC1=CC(C)CC(CNCc2ccsc2)C1. The van der Waals surface area contributed by atoms with E-state index in [1.807, 2.05) is 0 Å². The number of thiophene rings is 1. The zero-order valence-corrected chi connectivity index (χ0v) is 11.0. The Balaban J connectivity index is 1.73. The van der Waals surface area contributed by atoms with Gasteiger partial charge in [0.2, 0.25) is 0 Å². The molecule has 1 nitrogen and oxygen atoms in total. The van der Waals surface area contributed by atoms with Gasteiger partial charge in [0, 0.05) is 6.54 Å². The molecule has 0 spiro atoms. The first-order valence-corrected chi connectivity index (χ1v) is 7.07. The van der Waals surface area contributed by atoms with Gasteiger partial charge in [-0.2, -0.15) is 11.3 Å². The topological polar surface area (TPSA) is 12.0 Å². The van der Waals surface area contributed by atoms with Crippen molar-refractivity contribution >= 4 is 11.3 Å². The molecule has 2 unspecified atom stereocenters. The van der Waals surface area contributed by atoms with Crippen LogP contribution in [0, 0.1) is 11.8 Å². The van der Waals surface area contributed by atoms with Crippen molar-refractivity contribution in [1.82, 2.24) is 5.32 Å². The molecule has 0 aromatic carbocycles. The van der Waals surface area contributed by atoms with Crippen molar-refractivity contribution in [3.63, 3.8) is 0 Å². The molecule has 2 atom stereocenters. The number of rotatable bonds is 4. The van der Waals surface area contributed by atoms with E-state index in [0.29, 0.717) is 0 Å². The second kappa shape index (κ2) is 5.65. The summed E-state index contributed by atoms with van der Waals surface area (Å²) >= 11 is 1.78. The van der Waals surface area contributed by atoms with E-state index >= 15 is 0 Å². The Morgan fingerprint density at radius 3 is 3.06 bits per heavy atom. The van der Waals surface area contributed by atoms with Gasteiger partial charge in [-0.15, -0.1) is 0 Å². The van der Waals surface area contributed by atoms with Crippen LogP contribution in [0.4, 0.5) is 0 Å². The van der Waals surface area contributed by atoms with Crippen LogP contribution >= 0.6 is 11.3 Å². The third kappa shape index (κ3) is 3.46. The van der Waals surface area contributed by atoms with Crippen molar-refractivity contribution in [2.75, 3.05) is 6.54 Å². The molecule has 1 aliphatic carbocycles. The van der Waals surface area contributed by atoms with Crippen LogP contribution in [0.5, 0.6) is 0 Å². The summed E-state index contributed by atoms with van der Waals surface area (Å²) in [5.41, 5.74) is 2.99. The lowest BCUT2D eigenvalue weighted by Crippen LogP contribution is -2.25. The predicted molar refractivity (Wildman–Crippen MR) is 71.7 cm³/mol. The average molecular weight is 235 g/mol. The highest BCUT2D eigenvalue weighted by Crippen LogP contribution is 2.27. The number of allylic oxidation sites excluding steroid dienone is 2. The minimum atomic E-state index is 0.765. The van der Waals surface area contributed by atoms with E-state index in [4.69, 9.17) is 0 Å². The molecule has 2 heteroatoms. The van der Waals surface area contributed by atoms with Gasteiger partial charge in [-0.25, -0.2) is 0 Å². The molecule has 0 fully saturated rings. The fourth-order valence-corrected chi connectivity index (χ4v) is 3.32. The van der Waals surface area contributed by atoms with E-state index in [0.717, 1.165) is 24.9 Å². The number of hydrogen-bond acceptors (Lipinski definition) is 2. The number of hydrogen-bond donors (Lipinski definition) is 1. The Labute approximate surface area is 103 Å². The van der Waals surface area contributed by atoms with Crippen molar-refractivity contribution in [1.29, 1.82) is 0 Å². The van der Waals surface area contributed by atoms with Gasteiger partial charge >= 0.3 is 0 Å². The highest BCUT2D eigenvalue weighted by molar-refractivity contribution is 7.07. The van der Waals surface area contributed by atoms with Crippen LogP contribution < -0.4 is 5.32 Å². The molecule has 1 aromatic heterocycles. The molecule has 1 aromatic rings. The fourth-order valence-electron chi connectivity index (χ4n) is 2.66. The van der Waals surface area contributed by atoms with Gasteiger partial charge in [0.1, 0.15) is 0 Å². The van der Waals surface area contributed by atoms with E-state index in [2.05, 4.69) is 42.1 Å². The van der Waals surface area contributed by atoms with Gasteiger partial charge in [-0.1, -0.05) is 18.6 Å². The van der Waals surface area contributed by atoms with Gasteiger partial charge < -0.3 is 5.32 Å². The zero-order chi connectivity index (χ0) is 11.4. The van der Waals surface area contributed by atoms with Crippen LogP contribution in [0.1, 0.15) is 32.3 Å². The highest BCUT2D eigenvalue weighted by atomic mass is 32.1. The molecular weight excluding hydrogens is 214 g/mol. The quantitative estimate of drug-likeness (QED) is 0.782. The Morgan fingerprint density at radius 1 is 1.50 bits per heavy atom. The third-order valence-corrected chi connectivity index (χ3v) is 3.96. The minimum Gasteiger partial charge on any atom is -0.312 e. The monoisotopic (exact) mass is 235 g/mol. The standard InChI is InChI=1S/C14H21NS/c1-11-5-12(2)7-14(6-11)9-15-8-13-3-4-16-10-13/h3-5,10-11,14-15H,6-9H2,1-2H3.